The minimum absolute atomic E-state index is 0.0883. The first kappa shape index (κ1) is 9.93. The summed E-state index contributed by atoms with van der Waals surface area (Å²) in [7, 11) is 0. The second-order valence-corrected chi connectivity index (χ2v) is 4.20. The lowest BCUT2D eigenvalue weighted by atomic mass is 10.1. The first-order valence-electron chi connectivity index (χ1n) is 5.38. The van der Waals surface area contributed by atoms with E-state index in [9.17, 15) is 4.79 Å². The molecule has 2 rings (SSSR count). The standard InChI is InChI=1S/C10H18N2O2/c11-9(8-1-2-8)7-10(13)12-3-5-14-6-4-12/h8-9H,1-7,11H2/t9-/m0/s1. The number of hydrogen-bond acceptors (Lipinski definition) is 3. The molecule has 0 aromatic heterocycles. The number of rotatable bonds is 3. The van der Waals surface area contributed by atoms with Crippen molar-refractivity contribution in [2.24, 2.45) is 11.7 Å². The lowest BCUT2D eigenvalue weighted by Crippen LogP contribution is -2.43. The average Bonchev–Trinajstić information content (AvgIpc) is 3.02. The number of nitrogens with two attached hydrogens (primary N) is 1. The van der Waals surface area contributed by atoms with E-state index in [0.29, 0.717) is 25.6 Å². The molecule has 80 valence electrons. The van der Waals surface area contributed by atoms with Gasteiger partial charge in [0.25, 0.3) is 0 Å². The van der Waals surface area contributed by atoms with Gasteiger partial charge in [-0.25, -0.2) is 0 Å². The van der Waals surface area contributed by atoms with Crippen LogP contribution in [-0.4, -0.2) is 43.2 Å². The van der Waals surface area contributed by atoms with Crippen LogP contribution in [0.3, 0.4) is 0 Å². The smallest absolute Gasteiger partial charge is 0.224 e. The van der Waals surface area contributed by atoms with Gasteiger partial charge in [-0.2, -0.15) is 0 Å². The van der Waals surface area contributed by atoms with Crippen molar-refractivity contribution in [3.05, 3.63) is 0 Å². The summed E-state index contributed by atoms with van der Waals surface area (Å²) in [6.07, 6.45) is 2.93. The maximum Gasteiger partial charge on any atom is 0.224 e. The van der Waals surface area contributed by atoms with Crippen LogP contribution >= 0.6 is 0 Å². The highest BCUT2D eigenvalue weighted by Gasteiger charge is 2.31. The molecular formula is C10H18N2O2. The van der Waals surface area contributed by atoms with Crippen LogP contribution in [0.15, 0.2) is 0 Å². The molecule has 14 heavy (non-hydrogen) atoms. The molecule has 4 heteroatoms. The van der Waals surface area contributed by atoms with Crippen molar-refractivity contribution in [1.82, 2.24) is 4.90 Å². The predicted octanol–water partition coefficient (Wildman–Crippen LogP) is -0.0274. The first-order valence-corrected chi connectivity index (χ1v) is 5.38. The zero-order valence-electron chi connectivity index (χ0n) is 8.45. The molecule has 2 aliphatic rings. The molecule has 1 aliphatic heterocycles. The van der Waals surface area contributed by atoms with Gasteiger partial charge in [0.15, 0.2) is 0 Å². The van der Waals surface area contributed by atoms with Crippen LogP contribution in [0.4, 0.5) is 0 Å². The number of ether oxygens (including phenoxy) is 1. The molecule has 1 atom stereocenters. The molecule has 2 fully saturated rings. The van der Waals surface area contributed by atoms with E-state index >= 15 is 0 Å². The van der Waals surface area contributed by atoms with Gasteiger partial charge in [-0.05, 0) is 18.8 Å². The number of hydrogen-bond donors (Lipinski definition) is 1. The molecule has 1 heterocycles. The highest BCUT2D eigenvalue weighted by atomic mass is 16.5. The van der Waals surface area contributed by atoms with Crippen molar-refractivity contribution in [1.29, 1.82) is 0 Å². The Kier molecular flexibility index (Phi) is 3.03. The van der Waals surface area contributed by atoms with E-state index in [-0.39, 0.29) is 11.9 Å². The van der Waals surface area contributed by atoms with Crippen LogP contribution in [-0.2, 0) is 9.53 Å². The van der Waals surface area contributed by atoms with Crippen molar-refractivity contribution >= 4 is 5.91 Å². The summed E-state index contributed by atoms with van der Waals surface area (Å²) in [5.74, 6) is 0.813. The largest absolute Gasteiger partial charge is 0.378 e. The quantitative estimate of drug-likeness (QED) is 0.693. The van der Waals surface area contributed by atoms with Gasteiger partial charge >= 0.3 is 0 Å². The molecule has 0 spiro atoms. The lowest BCUT2D eigenvalue weighted by Gasteiger charge is -2.27. The molecule has 2 N–H and O–H groups in total. The molecular weight excluding hydrogens is 180 g/mol. The van der Waals surface area contributed by atoms with Crippen molar-refractivity contribution in [3.63, 3.8) is 0 Å². The molecule has 4 nitrogen and oxygen atoms in total. The van der Waals surface area contributed by atoms with E-state index in [1.165, 1.54) is 12.8 Å². The van der Waals surface area contributed by atoms with Crippen LogP contribution in [0.1, 0.15) is 19.3 Å². The zero-order valence-corrected chi connectivity index (χ0v) is 8.45. The fourth-order valence-corrected chi connectivity index (χ4v) is 1.83. The number of amides is 1. The predicted molar refractivity (Wildman–Crippen MR) is 52.7 cm³/mol. The maximum atomic E-state index is 11.7. The number of carbonyl (C=O) groups is 1. The van der Waals surface area contributed by atoms with Crippen LogP contribution < -0.4 is 5.73 Å². The summed E-state index contributed by atoms with van der Waals surface area (Å²) < 4.78 is 5.19. The first-order chi connectivity index (χ1) is 6.77. The van der Waals surface area contributed by atoms with Crippen LogP contribution in [0.2, 0.25) is 0 Å². The topological polar surface area (TPSA) is 55.6 Å². The Hall–Kier alpha value is -0.610. The second kappa shape index (κ2) is 4.28. The molecule has 0 bridgehead atoms. The Morgan fingerprint density at radius 1 is 1.43 bits per heavy atom. The van der Waals surface area contributed by atoms with Gasteiger partial charge in [-0.15, -0.1) is 0 Å². The molecule has 0 aromatic carbocycles. The van der Waals surface area contributed by atoms with Crippen molar-refractivity contribution < 1.29 is 9.53 Å². The summed E-state index contributed by atoms with van der Waals surface area (Å²) in [5, 5.41) is 0. The summed E-state index contributed by atoms with van der Waals surface area (Å²) >= 11 is 0. The normalized spacial score (nSPS) is 24.8. The van der Waals surface area contributed by atoms with Gasteiger partial charge in [-0.1, -0.05) is 0 Å². The summed E-state index contributed by atoms with van der Waals surface area (Å²) in [6, 6.07) is 0.0883. The number of nitrogens with zero attached hydrogens (tertiary/aromatic N) is 1. The van der Waals surface area contributed by atoms with E-state index in [2.05, 4.69) is 0 Å². The molecule has 0 unspecified atom stereocenters. The fourth-order valence-electron chi connectivity index (χ4n) is 1.83. The van der Waals surface area contributed by atoms with Gasteiger partial charge in [0.05, 0.1) is 13.2 Å². The van der Waals surface area contributed by atoms with Crippen LogP contribution in [0.25, 0.3) is 0 Å². The van der Waals surface area contributed by atoms with Crippen LogP contribution in [0, 0.1) is 5.92 Å². The molecule has 1 saturated heterocycles. The van der Waals surface area contributed by atoms with Gasteiger partial charge in [-0.3, -0.25) is 4.79 Å². The van der Waals surface area contributed by atoms with E-state index in [1.54, 1.807) is 0 Å². The minimum Gasteiger partial charge on any atom is -0.378 e. The van der Waals surface area contributed by atoms with Crippen molar-refractivity contribution in [2.75, 3.05) is 26.3 Å². The highest BCUT2D eigenvalue weighted by molar-refractivity contribution is 5.77. The SMILES string of the molecule is N[C@@H](CC(=O)N1CCOCC1)C1CC1. The van der Waals surface area contributed by atoms with Gasteiger partial charge < -0.3 is 15.4 Å². The number of morpholine rings is 1. The van der Waals surface area contributed by atoms with Gasteiger partial charge in [0, 0.05) is 25.6 Å². The molecule has 1 saturated carbocycles. The third-order valence-electron chi connectivity index (χ3n) is 3.00. The van der Waals surface area contributed by atoms with Crippen molar-refractivity contribution in [2.45, 2.75) is 25.3 Å². The summed E-state index contributed by atoms with van der Waals surface area (Å²) in [5.41, 5.74) is 5.91. The monoisotopic (exact) mass is 198 g/mol. The fraction of sp³-hybridized carbons (Fsp3) is 0.900. The second-order valence-electron chi connectivity index (χ2n) is 4.20. The summed E-state index contributed by atoms with van der Waals surface area (Å²) in [6.45, 7) is 2.81. The van der Waals surface area contributed by atoms with Crippen molar-refractivity contribution in [3.8, 4) is 0 Å². The Bertz CT molecular complexity index is 210. The Balaban J connectivity index is 1.75. The lowest BCUT2D eigenvalue weighted by molar-refractivity contribution is -0.135. The Labute approximate surface area is 84.4 Å². The van der Waals surface area contributed by atoms with Crippen LogP contribution in [0.5, 0.6) is 0 Å². The molecule has 0 radical (unpaired) electrons. The molecule has 0 aromatic rings. The van der Waals surface area contributed by atoms with E-state index in [1.807, 2.05) is 4.90 Å². The third kappa shape index (κ3) is 2.45. The molecule has 1 amide bonds. The summed E-state index contributed by atoms with van der Waals surface area (Å²) in [4.78, 5) is 13.6. The third-order valence-corrected chi connectivity index (χ3v) is 3.00. The van der Waals surface area contributed by atoms with E-state index in [4.69, 9.17) is 10.5 Å². The zero-order chi connectivity index (χ0) is 9.97. The minimum atomic E-state index is 0.0883. The van der Waals surface area contributed by atoms with E-state index < -0.39 is 0 Å². The molecule has 1 aliphatic carbocycles. The number of carbonyl (C=O) groups excluding carboxylic acids is 1. The highest BCUT2D eigenvalue weighted by Crippen LogP contribution is 2.32. The Morgan fingerprint density at radius 3 is 2.64 bits per heavy atom. The Morgan fingerprint density at radius 2 is 2.07 bits per heavy atom. The van der Waals surface area contributed by atoms with Gasteiger partial charge in [0.1, 0.15) is 0 Å². The maximum absolute atomic E-state index is 11.7. The van der Waals surface area contributed by atoms with E-state index in [0.717, 1.165) is 13.1 Å². The average molecular weight is 198 g/mol. The van der Waals surface area contributed by atoms with Gasteiger partial charge in [0.2, 0.25) is 5.91 Å².